The Morgan fingerprint density at radius 3 is 1.30 bits per heavy atom. The molecule has 3 aromatic carbocycles. The SMILES string of the molecule is COC(=O)c1cc(-c2ccc(-c3cc4cc(C)ccc4s3)s2)c(C(=O)OC)cc1-c1ccc(-c2cc3cc(C)ccc3s2)s1. The second-order valence-corrected chi connectivity index (χ2v) is 14.9. The van der Waals surface area contributed by atoms with Gasteiger partial charge in [0.2, 0.25) is 0 Å². The van der Waals surface area contributed by atoms with Gasteiger partial charge in [0.05, 0.1) is 25.3 Å². The van der Waals surface area contributed by atoms with Crippen LogP contribution in [-0.2, 0) is 9.47 Å². The Morgan fingerprint density at radius 1 is 0.477 bits per heavy atom. The lowest BCUT2D eigenvalue weighted by molar-refractivity contribution is 0.0588. The molecule has 0 saturated carbocycles. The Hall–Kier alpha value is -4.08. The van der Waals surface area contributed by atoms with Crippen LogP contribution >= 0.6 is 45.3 Å². The van der Waals surface area contributed by atoms with E-state index in [0.29, 0.717) is 22.3 Å². The number of carbonyl (C=O) groups excluding carboxylic acids is 2. The summed E-state index contributed by atoms with van der Waals surface area (Å²) in [6.07, 6.45) is 0. The molecule has 44 heavy (non-hydrogen) atoms. The summed E-state index contributed by atoms with van der Waals surface area (Å²) >= 11 is 6.66. The van der Waals surface area contributed by atoms with E-state index < -0.39 is 11.9 Å². The highest BCUT2D eigenvalue weighted by Gasteiger charge is 2.24. The molecular formula is C36H26O4S4. The number of benzene rings is 3. The second kappa shape index (κ2) is 11.4. The molecule has 0 amide bonds. The zero-order valence-corrected chi connectivity index (χ0v) is 27.6. The summed E-state index contributed by atoms with van der Waals surface area (Å²) < 4.78 is 12.9. The van der Waals surface area contributed by atoms with Gasteiger partial charge in [0, 0.05) is 49.8 Å². The summed E-state index contributed by atoms with van der Waals surface area (Å²) in [4.78, 5) is 32.7. The first-order chi connectivity index (χ1) is 21.3. The van der Waals surface area contributed by atoms with E-state index in [-0.39, 0.29) is 0 Å². The van der Waals surface area contributed by atoms with Crippen LogP contribution in [0.2, 0.25) is 0 Å². The zero-order chi connectivity index (χ0) is 30.5. The highest BCUT2D eigenvalue weighted by Crippen LogP contribution is 2.45. The monoisotopic (exact) mass is 650 g/mol. The van der Waals surface area contributed by atoms with E-state index in [1.807, 2.05) is 12.1 Å². The fourth-order valence-electron chi connectivity index (χ4n) is 5.36. The van der Waals surface area contributed by atoms with Crippen molar-refractivity contribution in [2.45, 2.75) is 13.8 Å². The van der Waals surface area contributed by atoms with Gasteiger partial charge in [-0.15, -0.1) is 45.3 Å². The predicted octanol–water partition coefficient (Wildman–Crippen LogP) is 11.1. The van der Waals surface area contributed by atoms with Gasteiger partial charge in [0.25, 0.3) is 0 Å². The standard InChI is InChI=1S/C36H26O4S4/c1-19-5-7-27-21(13-19)15-33(41-27)31-11-9-29(43-31)23-17-26(36(38)40-4)24(18-25(23)35(37)39-3)30-10-12-32(44-30)34-16-22-14-20(2)6-8-28(22)42-34/h5-18H,1-4H3. The van der Waals surface area contributed by atoms with Gasteiger partial charge in [-0.25, -0.2) is 9.59 Å². The number of hydrogen-bond acceptors (Lipinski definition) is 8. The van der Waals surface area contributed by atoms with Crippen LogP contribution < -0.4 is 0 Å². The smallest absolute Gasteiger partial charge is 0.338 e. The summed E-state index contributed by atoms with van der Waals surface area (Å²) in [5.74, 6) is -0.914. The number of esters is 2. The molecule has 0 unspecified atom stereocenters. The molecule has 0 atom stereocenters. The van der Waals surface area contributed by atoms with Crippen LogP contribution in [0.5, 0.6) is 0 Å². The van der Waals surface area contributed by atoms with E-state index >= 15 is 0 Å². The van der Waals surface area contributed by atoms with Crippen LogP contribution in [0.4, 0.5) is 0 Å². The fourth-order valence-corrected chi connectivity index (χ4v) is 9.68. The normalized spacial score (nSPS) is 11.4. The molecule has 4 aromatic heterocycles. The van der Waals surface area contributed by atoms with Crippen molar-refractivity contribution in [1.82, 2.24) is 0 Å². The summed E-state index contributed by atoms with van der Waals surface area (Å²) in [6, 6.07) is 29.1. The lowest BCUT2D eigenvalue weighted by Crippen LogP contribution is -2.09. The molecule has 0 saturated heterocycles. The van der Waals surface area contributed by atoms with Crippen LogP contribution in [0.1, 0.15) is 31.8 Å². The van der Waals surface area contributed by atoms with Crippen molar-refractivity contribution in [3.63, 3.8) is 0 Å². The van der Waals surface area contributed by atoms with Crippen molar-refractivity contribution in [3.8, 4) is 40.4 Å². The molecule has 0 bridgehead atoms. The van der Waals surface area contributed by atoms with Crippen molar-refractivity contribution in [2.75, 3.05) is 14.2 Å². The van der Waals surface area contributed by atoms with Gasteiger partial charge >= 0.3 is 11.9 Å². The molecule has 0 aliphatic carbocycles. The number of aryl methyl sites for hydroxylation is 2. The molecule has 0 fully saturated rings. The summed E-state index contributed by atoms with van der Waals surface area (Å²) in [6.45, 7) is 4.19. The topological polar surface area (TPSA) is 52.6 Å². The third-order valence-corrected chi connectivity index (χ3v) is 12.4. The van der Waals surface area contributed by atoms with Crippen molar-refractivity contribution < 1.29 is 19.1 Å². The maximum atomic E-state index is 13.2. The highest BCUT2D eigenvalue weighted by atomic mass is 32.1. The van der Waals surface area contributed by atoms with Gasteiger partial charge < -0.3 is 9.47 Å². The van der Waals surface area contributed by atoms with E-state index in [9.17, 15) is 9.59 Å². The Bertz CT molecular complexity index is 2070. The first-order valence-corrected chi connectivity index (χ1v) is 17.1. The maximum absolute atomic E-state index is 13.2. The molecule has 0 spiro atoms. The summed E-state index contributed by atoms with van der Waals surface area (Å²) in [5.41, 5.74) is 4.55. The molecule has 4 heterocycles. The minimum atomic E-state index is -0.457. The molecule has 0 aliphatic rings. The van der Waals surface area contributed by atoms with Gasteiger partial charge in [0.1, 0.15) is 0 Å². The maximum Gasteiger partial charge on any atom is 0.338 e. The molecule has 0 N–H and O–H groups in total. The lowest BCUT2D eigenvalue weighted by atomic mass is 9.96. The molecule has 0 aliphatic heterocycles. The number of carbonyl (C=O) groups is 2. The predicted molar refractivity (Wildman–Crippen MR) is 187 cm³/mol. The number of rotatable bonds is 6. The second-order valence-electron chi connectivity index (χ2n) is 10.6. The van der Waals surface area contributed by atoms with Gasteiger partial charge in [-0.1, -0.05) is 35.4 Å². The van der Waals surface area contributed by atoms with E-state index in [0.717, 1.165) is 29.3 Å². The number of ether oxygens (including phenoxy) is 2. The molecule has 7 aromatic rings. The van der Waals surface area contributed by atoms with Gasteiger partial charge in [-0.2, -0.15) is 0 Å². The van der Waals surface area contributed by atoms with Crippen LogP contribution in [0.25, 0.3) is 60.6 Å². The van der Waals surface area contributed by atoms with Crippen molar-refractivity contribution >= 4 is 77.5 Å². The van der Waals surface area contributed by atoms with Gasteiger partial charge in [0.15, 0.2) is 0 Å². The number of thiophene rings is 4. The molecule has 4 nitrogen and oxygen atoms in total. The van der Waals surface area contributed by atoms with Gasteiger partial charge in [-0.3, -0.25) is 0 Å². The number of hydrogen-bond donors (Lipinski definition) is 0. The summed E-state index contributed by atoms with van der Waals surface area (Å²) in [5, 5.41) is 2.43. The third-order valence-electron chi connectivity index (χ3n) is 7.54. The molecular weight excluding hydrogens is 625 g/mol. The van der Waals surface area contributed by atoms with Crippen molar-refractivity contribution in [1.29, 1.82) is 0 Å². The minimum absolute atomic E-state index is 0.405. The largest absolute Gasteiger partial charge is 0.465 e. The first kappa shape index (κ1) is 28.7. The molecule has 7 rings (SSSR count). The van der Waals surface area contributed by atoms with Crippen LogP contribution in [0.3, 0.4) is 0 Å². The Kier molecular flexibility index (Phi) is 7.46. The molecule has 0 radical (unpaired) electrons. The van der Waals surface area contributed by atoms with E-state index in [1.165, 1.54) is 45.5 Å². The van der Waals surface area contributed by atoms with E-state index in [4.69, 9.17) is 9.47 Å². The van der Waals surface area contributed by atoms with Crippen LogP contribution in [0, 0.1) is 13.8 Å². The van der Waals surface area contributed by atoms with Gasteiger partial charge in [-0.05, 0) is 85.3 Å². The minimum Gasteiger partial charge on any atom is -0.465 e. The van der Waals surface area contributed by atoms with E-state index in [2.05, 4.69) is 74.5 Å². The molecule has 8 heteroatoms. The van der Waals surface area contributed by atoms with Crippen molar-refractivity contribution in [3.05, 3.63) is 107 Å². The average Bonchev–Trinajstić information content (AvgIpc) is 3.84. The number of methoxy groups -OCH3 is 2. The highest BCUT2D eigenvalue weighted by molar-refractivity contribution is 7.27. The first-order valence-electron chi connectivity index (χ1n) is 13.9. The Labute approximate surface area is 270 Å². The third kappa shape index (κ3) is 5.18. The fraction of sp³-hybridized carbons (Fsp3) is 0.111. The Morgan fingerprint density at radius 2 is 0.886 bits per heavy atom. The lowest BCUT2D eigenvalue weighted by Gasteiger charge is -2.13. The Balaban J connectivity index is 1.33. The van der Waals surface area contributed by atoms with Crippen LogP contribution in [-0.4, -0.2) is 26.2 Å². The summed E-state index contributed by atoms with van der Waals surface area (Å²) in [7, 11) is 2.76. The van der Waals surface area contributed by atoms with E-state index in [1.54, 1.807) is 57.5 Å². The van der Waals surface area contributed by atoms with Crippen molar-refractivity contribution in [2.24, 2.45) is 0 Å². The quantitative estimate of drug-likeness (QED) is 0.168. The molecule has 218 valence electrons. The number of fused-ring (bicyclic) bond motifs is 2. The zero-order valence-electron chi connectivity index (χ0n) is 24.3. The van der Waals surface area contributed by atoms with Crippen LogP contribution in [0.15, 0.2) is 84.9 Å². The average molecular weight is 651 g/mol.